The third-order valence-corrected chi connectivity index (χ3v) is 2.46. The molecule has 3 N–H and O–H groups in total. The predicted octanol–water partition coefficient (Wildman–Crippen LogP) is 1.96. The molecule has 1 aromatic heterocycles. The highest BCUT2D eigenvalue weighted by atomic mass is 16.6. The van der Waals surface area contributed by atoms with Crippen molar-refractivity contribution >= 4 is 17.5 Å². The molecule has 0 spiro atoms. The minimum atomic E-state index is -0.513. The van der Waals surface area contributed by atoms with Crippen LogP contribution in [0.2, 0.25) is 0 Å². The van der Waals surface area contributed by atoms with Crippen molar-refractivity contribution in [3.63, 3.8) is 0 Å². The van der Waals surface area contributed by atoms with E-state index in [-0.39, 0.29) is 23.5 Å². The number of nitrogens with two attached hydrogens (primary N) is 1. The Hall–Kier alpha value is -1.92. The molecule has 0 aromatic carbocycles. The van der Waals surface area contributed by atoms with Gasteiger partial charge in [0.05, 0.1) is 4.92 Å². The van der Waals surface area contributed by atoms with E-state index < -0.39 is 4.92 Å². The molecule has 1 heterocycles. The summed E-state index contributed by atoms with van der Waals surface area (Å²) in [6.07, 6.45) is 3.93. The van der Waals surface area contributed by atoms with E-state index in [4.69, 9.17) is 5.73 Å². The average molecular weight is 239 g/mol. The van der Waals surface area contributed by atoms with Gasteiger partial charge in [0.1, 0.15) is 6.20 Å². The van der Waals surface area contributed by atoms with Gasteiger partial charge in [-0.2, -0.15) is 4.98 Å². The monoisotopic (exact) mass is 239 g/mol. The van der Waals surface area contributed by atoms with Gasteiger partial charge in [-0.3, -0.25) is 10.1 Å². The molecule has 0 aliphatic rings. The number of anilines is 2. The van der Waals surface area contributed by atoms with Crippen LogP contribution in [0.3, 0.4) is 0 Å². The number of aromatic nitrogens is 2. The zero-order valence-electron chi connectivity index (χ0n) is 10.0. The van der Waals surface area contributed by atoms with Crippen molar-refractivity contribution in [2.24, 2.45) is 0 Å². The van der Waals surface area contributed by atoms with E-state index in [1.54, 1.807) is 0 Å². The van der Waals surface area contributed by atoms with E-state index in [0.717, 1.165) is 25.5 Å². The van der Waals surface area contributed by atoms with Crippen molar-refractivity contribution in [3.05, 3.63) is 16.3 Å². The summed E-state index contributed by atoms with van der Waals surface area (Å²) in [4.78, 5) is 17.8. The number of hydrogen-bond acceptors (Lipinski definition) is 6. The van der Waals surface area contributed by atoms with Crippen LogP contribution in [0.1, 0.15) is 33.1 Å². The molecule has 0 fully saturated rings. The van der Waals surface area contributed by atoms with Crippen molar-refractivity contribution < 1.29 is 4.92 Å². The second-order valence-electron chi connectivity index (χ2n) is 3.76. The van der Waals surface area contributed by atoms with Crippen LogP contribution in [-0.4, -0.2) is 20.9 Å². The zero-order valence-corrected chi connectivity index (χ0v) is 10.0. The van der Waals surface area contributed by atoms with E-state index in [2.05, 4.69) is 22.2 Å². The standard InChI is InChI=1S/C10H17N5O2/c1-3-5-7(4-2)13-9-8(15(16)17)6-12-10(11)14-9/h6-7H,3-5H2,1-2H3,(H3,11,12,13,14). The lowest BCUT2D eigenvalue weighted by Crippen LogP contribution is -2.20. The van der Waals surface area contributed by atoms with Gasteiger partial charge < -0.3 is 11.1 Å². The minimum absolute atomic E-state index is 0.0319. The summed E-state index contributed by atoms with van der Waals surface area (Å²) >= 11 is 0. The predicted molar refractivity (Wildman–Crippen MR) is 65.7 cm³/mol. The molecule has 0 bridgehead atoms. The SMILES string of the molecule is CCCC(CC)Nc1nc(N)ncc1[N+](=O)[O-]. The molecule has 7 nitrogen and oxygen atoms in total. The smallest absolute Gasteiger partial charge is 0.329 e. The summed E-state index contributed by atoms with van der Waals surface area (Å²) in [5.41, 5.74) is 5.29. The van der Waals surface area contributed by atoms with Crippen LogP contribution in [0.4, 0.5) is 17.5 Å². The molecule has 0 radical (unpaired) electrons. The average Bonchev–Trinajstić information content (AvgIpc) is 2.28. The summed E-state index contributed by atoms with van der Waals surface area (Å²) < 4.78 is 0. The highest BCUT2D eigenvalue weighted by Crippen LogP contribution is 2.23. The van der Waals surface area contributed by atoms with E-state index in [0.29, 0.717) is 0 Å². The molecular weight excluding hydrogens is 222 g/mol. The van der Waals surface area contributed by atoms with Crippen LogP contribution >= 0.6 is 0 Å². The second kappa shape index (κ2) is 5.97. The van der Waals surface area contributed by atoms with Crippen LogP contribution < -0.4 is 11.1 Å². The largest absolute Gasteiger partial charge is 0.368 e. The van der Waals surface area contributed by atoms with Crippen LogP contribution in [0.5, 0.6) is 0 Å². The lowest BCUT2D eigenvalue weighted by atomic mass is 10.1. The Morgan fingerprint density at radius 2 is 2.29 bits per heavy atom. The Kier molecular flexibility index (Phi) is 4.62. The minimum Gasteiger partial charge on any atom is -0.368 e. The van der Waals surface area contributed by atoms with E-state index >= 15 is 0 Å². The van der Waals surface area contributed by atoms with Gasteiger partial charge in [0.2, 0.25) is 11.8 Å². The van der Waals surface area contributed by atoms with Gasteiger partial charge in [0, 0.05) is 6.04 Å². The maximum atomic E-state index is 10.8. The maximum Gasteiger partial charge on any atom is 0.329 e. The number of nitrogen functional groups attached to an aromatic ring is 1. The molecular formula is C10H17N5O2. The summed E-state index contributed by atoms with van der Waals surface area (Å²) in [5, 5.41) is 13.9. The van der Waals surface area contributed by atoms with E-state index in [1.165, 1.54) is 0 Å². The first-order valence-corrected chi connectivity index (χ1v) is 5.61. The maximum absolute atomic E-state index is 10.8. The van der Waals surface area contributed by atoms with Crippen molar-refractivity contribution in [2.75, 3.05) is 11.1 Å². The van der Waals surface area contributed by atoms with Crippen LogP contribution in [0.25, 0.3) is 0 Å². The highest BCUT2D eigenvalue weighted by Gasteiger charge is 2.18. The summed E-state index contributed by atoms with van der Waals surface area (Å²) in [7, 11) is 0. The van der Waals surface area contributed by atoms with Crippen LogP contribution in [0, 0.1) is 10.1 Å². The summed E-state index contributed by atoms with van der Waals surface area (Å²) in [6, 6.07) is 0.160. The normalized spacial score (nSPS) is 12.1. The van der Waals surface area contributed by atoms with Gasteiger partial charge in [0.25, 0.3) is 0 Å². The van der Waals surface area contributed by atoms with Crippen LogP contribution in [-0.2, 0) is 0 Å². The lowest BCUT2D eigenvalue weighted by Gasteiger charge is -2.16. The zero-order chi connectivity index (χ0) is 12.8. The van der Waals surface area contributed by atoms with Crippen molar-refractivity contribution in [1.82, 2.24) is 9.97 Å². The number of rotatable bonds is 6. The topological polar surface area (TPSA) is 107 Å². The van der Waals surface area contributed by atoms with Crippen molar-refractivity contribution in [2.45, 2.75) is 39.2 Å². The Morgan fingerprint density at radius 1 is 1.59 bits per heavy atom. The highest BCUT2D eigenvalue weighted by molar-refractivity contribution is 5.56. The lowest BCUT2D eigenvalue weighted by molar-refractivity contribution is -0.384. The molecule has 7 heteroatoms. The molecule has 0 aliphatic carbocycles. The number of nitrogens with zero attached hydrogens (tertiary/aromatic N) is 3. The van der Waals surface area contributed by atoms with Gasteiger partial charge >= 0.3 is 5.69 Å². The Labute approximate surface area is 99.6 Å². The first-order valence-electron chi connectivity index (χ1n) is 5.61. The number of nitro groups is 1. The summed E-state index contributed by atoms with van der Waals surface area (Å²) in [5.74, 6) is 0.229. The molecule has 1 unspecified atom stereocenters. The fourth-order valence-electron chi connectivity index (χ4n) is 1.55. The Bertz CT molecular complexity index is 396. The molecule has 17 heavy (non-hydrogen) atoms. The van der Waals surface area contributed by atoms with Gasteiger partial charge in [-0.1, -0.05) is 20.3 Å². The fraction of sp³-hybridized carbons (Fsp3) is 0.600. The number of nitrogens with one attached hydrogen (secondary N) is 1. The molecule has 1 aromatic rings. The fourth-order valence-corrected chi connectivity index (χ4v) is 1.55. The molecule has 0 amide bonds. The first-order chi connectivity index (χ1) is 8.08. The first kappa shape index (κ1) is 13.1. The van der Waals surface area contributed by atoms with Gasteiger partial charge in [0.15, 0.2) is 0 Å². The number of hydrogen-bond donors (Lipinski definition) is 2. The molecule has 94 valence electrons. The van der Waals surface area contributed by atoms with E-state index in [1.807, 2.05) is 6.92 Å². The van der Waals surface area contributed by atoms with Crippen molar-refractivity contribution in [1.29, 1.82) is 0 Å². The molecule has 0 saturated carbocycles. The molecule has 0 aliphatic heterocycles. The Morgan fingerprint density at radius 3 is 2.82 bits per heavy atom. The third kappa shape index (κ3) is 3.54. The van der Waals surface area contributed by atoms with Gasteiger partial charge in [-0.15, -0.1) is 0 Å². The molecule has 1 atom stereocenters. The summed E-state index contributed by atoms with van der Waals surface area (Å²) in [6.45, 7) is 4.08. The molecule has 1 rings (SSSR count). The Balaban J connectivity index is 2.94. The van der Waals surface area contributed by atoms with E-state index in [9.17, 15) is 10.1 Å². The molecule has 0 saturated heterocycles. The quantitative estimate of drug-likeness (QED) is 0.580. The van der Waals surface area contributed by atoms with Crippen molar-refractivity contribution in [3.8, 4) is 0 Å². The second-order valence-corrected chi connectivity index (χ2v) is 3.76. The van der Waals surface area contributed by atoms with Gasteiger partial charge in [-0.25, -0.2) is 4.98 Å². The third-order valence-electron chi connectivity index (χ3n) is 2.46. The van der Waals surface area contributed by atoms with Gasteiger partial charge in [-0.05, 0) is 12.8 Å². The van der Waals surface area contributed by atoms with Crippen LogP contribution in [0.15, 0.2) is 6.20 Å².